The highest BCUT2D eigenvalue weighted by Crippen LogP contribution is 2.39. The van der Waals surface area contributed by atoms with Crippen LogP contribution < -0.4 is 0 Å². The van der Waals surface area contributed by atoms with Crippen LogP contribution in [0.4, 0.5) is 0 Å². The largest absolute Gasteiger partial charge is 0.297 e. The predicted octanol–water partition coefficient (Wildman–Crippen LogP) is 17.5. The smallest absolute Gasteiger partial charge is 0.144 e. The summed E-state index contributed by atoms with van der Waals surface area (Å²) < 4.78 is 2.31. The molecule has 0 aliphatic heterocycles. The maximum atomic E-state index is 5.11. The van der Waals surface area contributed by atoms with Crippen molar-refractivity contribution in [3.63, 3.8) is 0 Å². The number of nitrogens with zero attached hydrogens (tertiary/aromatic N) is 4. The molecule has 4 heteroatoms. The Morgan fingerprint density at radius 2 is 0.671 bits per heavy atom. The van der Waals surface area contributed by atoms with Gasteiger partial charge in [-0.05, 0) is 110 Å². The zero-order valence-corrected chi connectivity index (χ0v) is 40.3. The van der Waals surface area contributed by atoms with Gasteiger partial charge >= 0.3 is 0 Å². The van der Waals surface area contributed by atoms with Crippen LogP contribution in [0.2, 0.25) is 0 Å². The number of aromatic nitrogens is 4. The van der Waals surface area contributed by atoms with Crippen LogP contribution in [0.1, 0.15) is 11.3 Å². The van der Waals surface area contributed by atoms with Gasteiger partial charge in [0.15, 0.2) is 0 Å². The van der Waals surface area contributed by atoms with Crippen molar-refractivity contribution in [3.8, 4) is 106 Å². The van der Waals surface area contributed by atoms with E-state index in [9.17, 15) is 0 Å². The molecule has 0 N–H and O–H groups in total. The lowest BCUT2D eigenvalue weighted by molar-refractivity contribution is 0.869. The minimum absolute atomic E-state index is 0.789. The molecule has 3 aromatic heterocycles. The number of benzene rings is 9. The van der Waals surface area contributed by atoms with Crippen molar-refractivity contribution >= 4 is 0 Å². The lowest BCUT2D eigenvalue weighted by Gasteiger charge is -2.17. The minimum Gasteiger partial charge on any atom is -0.297 e. The minimum atomic E-state index is 0.789. The molecule has 0 fully saturated rings. The van der Waals surface area contributed by atoms with Crippen molar-refractivity contribution < 1.29 is 0 Å². The van der Waals surface area contributed by atoms with Gasteiger partial charge in [-0.1, -0.05) is 224 Å². The van der Waals surface area contributed by atoms with Crippen LogP contribution in [0.5, 0.6) is 0 Å². The summed E-state index contributed by atoms with van der Waals surface area (Å²) in [5.74, 6) is 0.937. The van der Waals surface area contributed by atoms with Crippen LogP contribution in [0.25, 0.3) is 106 Å². The molecular formula is C69H50N4. The summed E-state index contributed by atoms with van der Waals surface area (Å²) in [6.45, 7) is 0. The zero-order valence-electron chi connectivity index (χ0n) is 40.3. The number of hydrogen-bond donors (Lipinski definition) is 0. The van der Waals surface area contributed by atoms with Crippen molar-refractivity contribution in [3.05, 3.63) is 291 Å². The molecule has 0 atom stereocenters. The topological polar surface area (TPSA) is 43.6 Å². The first kappa shape index (κ1) is 44.7. The van der Waals surface area contributed by atoms with Gasteiger partial charge in [0, 0.05) is 57.8 Å². The fourth-order valence-corrected chi connectivity index (χ4v) is 10.0. The molecule has 0 unspecified atom stereocenters. The molecule has 12 rings (SSSR count). The molecule has 73 heavy (non-hydrogen) atoms. The Balaban J connectivity index is 0.904. The average molecular weight is 935 g/mol. The van der Waals surface area contributed by atoms with E-state index < -0.39 is 0 Å². The van der Waals surface area contributed by atoms with Gasteiger partial charge in [0.2, 0.25) is 0 Å². The van der Waals surface area contributed by atoms with Crippen molar-refractivity contribution in [2.24, 2.45) is 0 Å². The van der Waals surface area contributed by atoms with Crippen molar-refractivity contribution in [1.82, 2.24) is 19.5 Å². The van der Waals surface area contributed by atoms with E-state index in [1.54, 1.807) is 0 Å². The maximum absolute atomic E-state index is 5.11. The van der Waals surface area contributed by atoms with Gasteiger partial charge in [-0.3, -0.25) is 14.5 Å². The van der Waals surface area contributed by atoms with Crippen LogP contribution in [0.3, 0.4) is 0 Å². The predicted molar refractivity (Wildman–Crippen MR) is 302 cm³/mol. The Bertz CT molecular complexity index is 3790. The van der Waals surface area contributed by atoms with Gasteiger partial charge in [0.25, 0.3) is 0 Å². The van der Waals surface area contributed by atoms with Crippen molar-refractivity contribution in [2.45, 2.75) is 12.8 Å². The number of hydrogen-bond acceptors (Lipinski definition) is 3. The quantitative estimate of drug-likeness (QED) is 0.116. The normalized spacial score (nSPS) is 11.1. The molecular weight excluding hydrogens is 885 g/mol. The third-order valence-corrected chi connectivity index (χ3v) is 13.7. The second-order valence-electron chi connectivity index (χ2n) is 18.4. The Kier molecular flexibility index (Phi) is 12.5. The molecule has 3 heterocycles. The molecule has 0 amide bonds. The number of para-hydroxylation sites is 1. The van der Waals surface area contributed by atoms with Crippen LogP contribution in [-0.2, 0) is 12.8 Å². The molecule has 4 nitrogen and oxygen atoms in total. The fraction of sp³-hybridized carbons (Fsp3) is 0.0290. The molecule has 0 saturated carbocycles. The van der Waals surface area contributed by atoms with E-state index in [2.05, 4.69) is 259 Å². The Labute approximate surface area is 427 Å². The van der Waals surface area contributed by atoms with Crippen molar-refractivity contribution in [1.29, 1.82) is 0 Å². The van der Waals surface area contributed by atoms with Crippen LogP contribution >= 0.6 is 0 Å². The van der Waals surface area contributed by atoms with Crippen LogP contribution in [0, 0.1) is 0 Å². The highest BCUT2D eigenvalue weighted by Gasteiger charge is 2.18. The fourth-order valence-electron chi connectivity index (χ4n) is 10.0. The Hall–Kier alpha value is -9.51. The first-order valence-electron chi connectivity index (χ1n) is 24.9. The lowest BCUT2D eigenvalue weighted by Crippen LogP contribution is -2.04. The zero-order chi connectivity index (χ0) is 48.8. The number of imidazole rings is 1. The van der Waals surface area contributed by atoms with Gasteiger partial charge in [-0.15, -0.1) is 0 Å². The maximum Gasteiger partial charge on any atom is 0.144 e. The van der Waals surface area contributed by atoms with Gasteiger partial charge in [0.05, 0.1) is 11.4 Å². The molecule has 0 saturated heterocycles. The second-order valence-corrected chi connectivity index (χ2v) is 18.4. The Morgan fingerprint density at radius 3 is 1.22 bits per heavy atom. The highest BCUT2D eigenvalue weighted by atomic mass is 15.1. The molecule has 0 aliphatic rings. The molecule has 0 radical (unpaired) electrons. The van der Waals surface area contributed by atoms with E-state index in [1.807, 2.05) is 24.7 Å². The molecule has 0 bridgehead atoms. The summed E-state index contributed by atoms with van der Waals surface area (Å²) in [6, 6.07) is 92.6. The summed E-state index contributed by atoms with van der Waals surface area (Å²) >= 11 is 0. The first-order valence-corrected chi connectivity index (χ1v) is 24.9. The van der Waals surface area contributed by atoms with E-state index in [0.717, 1.165) is 108 Å². The summed E-state index contributed by atoms with van der Waals surface area (Å²) in [7, 11) is 0. The third-order valence-electron chi connectivity index (χ3n) is 13.7. The molecule has 0 spiro atoms. The van der Waals surface area contributed by atoms with E-state index >= 15 is 0 Å². The number of pyridine rings is 2. The monoisotopic (exact) mass is 934 g/mol. The standard InChI is InChI=1S/C69H50N4/c1-5-18-50(19-6-1)51-33-35-52(36-34-51)55-24-17-25-56(44-55)68-41-38-58(47-71-68)64-29-14-16-31-66(64)60-43-49(32-39-62-48-72-69(54-22-9-3-10-23-54)73(62)61-26-11-4-12-27-61)42-59(45-60)65-30-15-13-28-63(65)57-37-40-67(70-46-57)53-20-7-2-8-21-53/h1-31,33-38,40-48H,32,39H2. The van der Waals surface area contributed by atoms with Crippen molar-refractivity contribution in [2.75, 3.05) is 0 Å². The average Bonchev–Trinajstić information content (AvgIpc) is 3.92. The molecule has 12 aromatic rings. The van der Waals surface area contributed by atoms with E-state index in [1.165, 1.54) is 22.3 Å². The third kappa shape index (κ3) is 9.58. The lowest BCUT2D eigenvalue weighted by atomic mass is 9.88. The van der Waals surface area contributed by atoms with Crippen LogP contribution in [-0.4, -0.2) is 19.5 Å². The molecule has 9 aromatic carbocycles. The summed E-state index contributed by atoms with van der Waals surface area (Å²) in [5.41, 5.74) is 22.4. The summed E-state index contributed by atoms with van der Waals surface area (Å²) in [4.78, 5) is 15.1. The first-order chi connectivity index (χ1) is 36.2. The van der Waals surface area contributed by atoms with Crippen LogP contribution in [0.15, 0.2) is 279 Å². The molecule has 0 aliphatic carbocycles. The van der Waals surface area contributed by atoms with Gasteiger partial charge in [-0.25, -0.2) is 4.98 Å². The number of aryl methyl sites for hydroxylation is 2. The van der Waals surface area contributed by atoms with Gasteiger partial charge < -0.3 is 0 Å². The summed E-state index contributed by atoms with van der Waals surface area (Å²) in [6.07, 6.45) is 7.67. The van der Waals surface area contributed by atoms with Gasteiger partial charge in [-0.2, -0.15) is 0 Å². The van der Waals surface area contributed by atoms with E-state index in [-0.39, 0.29) is 0 Å². The molecule has 346 valence electrons. The van der Waals surface area contributed by atoms with E-state index in [0.29, 0.717) is 0 Å². The summed E-state index contributed by atoms with van der Waals surface area (Å²) in [5, 5.41) is 0. The second kappa shape index (κ2) is 20.4. The van der Waals surface area contributed by atoms with E-state index in [4.69, 9.17) is 15.0 Å². The Morgan fingerprint density at radius 1 is 0.260 bits per heavy atom. The SMILES string of the molecule is c1ccc(-c2ccc(-c3cccc(-c4ccc(-c5ccccc5-c5cc(CCc6cnc(-c7ccccc7)n6-c6ccccc6)cc(-c6ccccc6-c6ccc(-c7ccccc7)nc6)c5)cn4)c3)cc2)cc1. The van der Waals surface area contributed by atoms with Gasteiger partial charge in [0.1, 0.15) is 5.82 Å². The number of rotatable bonds is 13. The highest BCUT2D eigenvalue weighted by molar-refractivity contribution is 5.89.